The van der Waals surface area contributed by atoms with Crippen molar-refractivity contribution in [1.82, 2.24) is 4.98 Å². The van der Waals surface area contributed by atoms with E-state index in [1.54, 1.807) is 0 Å². The van der Waals surface area contributed by atoms with Gasteiger partial charge in [0.05, 0.1) is 6.10 Å². The number of fused-ring (bicyclic) bond motifs is 1. The number of hydrogen-bond donors (Lipinski definition) is 1. The van der Waals surface area contributed by atoms with Gasteiger partial charge in [0.1, 0.15) is 0 Å². The molecule has 0 saturated heterocycles. The van der Waals surface area contributed by atoms with Crippen molar-refractivity contribution >= 4 is 16.3 Å². The van der Waals surface area contributed by atoms with Crippen LogP contribution in [0, 0.1) is 0 Å². The van der Waals surface area contributed by atoms with E-state index in [0.717, 1.165) is 18.2 Å². The van der Waals surface area contributed by atoms with Crippen molar-refractivity contribution in [3.63, 3.8) is 0 Å². The second-order valence-corrected chi connectivity index (χ2v) is 4.20. The minimum absolute atomic E-state index is 0.271. The maximum absolute atomic E-state index is 9.54. The van der Waals surface area contributed by atoms with E-state index in [4.69, 9.17) is 0 Å². The lowest BCUT2D eigenvalue weighted by Gasteiger charge is -2.06. The summed E-state index contributed by atoms with van der Waals surface area (Å²) in [6, 6.07) is 8.27. The highest BCUT2D eigenvalue weighted by molar-refractivity contribution is 5.93. The van der Waals surface area contributed by atoms with E-state index in [2.05, 4.69) is 17.1 Å². The molecule has 2 aromatic rings. The Balaban J connectivity index is 2.20. The van der Waals surface area contributed by atoms with E-state index >= 15 is 0 Å². The summed E-state index contributed by atoms with van der Waals surface area (Å²) >= 11 is 0. The molecule has 1 aromatic carbocycles. The van der Waals surface area contributed by atoms with Crippen LogP contribution in [0.15, 0.2) is 42.7 Å². The molecule has 1 atom stereocenters. The lowest BCUT2D eigenvalue weighted by molar-refractivity contribution is 0.223. The normalized spacial score (nSPS) is 20.1. The van der Waals surface area contributed by atoms with E-state index in [0.29, 0.717) is 0 Å². The van der Waals surface area contributed by atoms with Crippen molar-refractivity contribution in [2.24, 2.45) is 0 Å². The standard InChI is InChI=1S/C14H13NO/c16-12-5-4-10(8-12)13-3-1-2-11-9-15-7-6-14(11)13/h1-3,6-9,12,16H,4-5H2. The van der Waals surface area contributed by atoms with Gasteiger partial charge in [-0.25, -0.2) is 0 Å². The summed E-state index contributed by atoms with van der Waals surface area (Å²) in [4.78, 5) is 4.13. The molecule has 0 aliphatic heterocycles. The summed E-state index contributed by atoms with van der Waals surface area (Å²) in [5, 5.41) is 11.9. The number of pyridine rings is 1. The van der Waals surface area contributed by atoms with Crippen LogP contribution >= 0.6 is 0 Å². The van der Waals surface area contributed by atoms with Crippen molar-refractivity contribution in [3.8, 4) is 0 Å². The Morgan fingerprint density at radius 2 is 2.19 bits per heavy atom. The number of aliphatic hydroxyl groups excluding tert-OH is 1. The maximum atomic E-state index is 9.54. The second kappa shape index (κ2) is 3.72. The molecule has 0 fully saturated rings. The highest BCUT2D eigenvalue weighted by Gasteiger charge is 2.15. The molecule has 1 heterocycles. The lowest BCUT2D eigenvalue weighted by Crippen LogP contribution is -1.93. The zero-order valence-electron chi connectivity index (χ0n) is 8.93. The molecular formula is C14H13NO. The Labute approximate surface area is 94.3 Å². The van der Waals surface area contributed by atoms with Gasteiger partial charge in [-0.2, -0.15) is 0 Å². The van der Waals surface area contributed by atoms with Gasteiger partial charge in [-0.15, -0.1) is 0 Å². The van der Waals surface area contributed by atoms with Crippen LogP contribution in [0.4, 0.5) is 0 Å². The molecule has 2 heteroatoms. The van der Waals surface area contributed by atoms with Crippen LogP contribution in [0.25, 0.3) is 16.3 Å². The van der Waals surface area contributed by atoms with Crippen molar-refractivity contribution in [2.75, 3.05) is 0 Å². The molecule has 1 aliphatic carbocycles. The third kappa shape index (κ3) is 1.51. The van der Waals surface area contributed by atoms with Gasteiger partial charge in [0.15, 0.2) is 0 Å². The van der Waals surface area contributed by atoms with E-state index < -0.39 is 0 Å². The third-order valence-corrected chi connectivity index (χ3v) is 3.13. The monoisotopic (exact) mass is 211 g/mol. The molecule has 0 bridgehead atoms. The first-order valence-corrected chi connectivity index (χ1v) is 5.56. The zero-order valence-corrected chi connectivity index (χ0v) is 8.93. The number of nitrogens with zero attached hydrogens (tertiary/aromatic N) is 1. The predicted molar refractivity (Wildman–Crippen MR) is 65.0 cm³/mol. The highest BCUT2D eigenvalue weighted by Crippen LogP contribution is 2.32. The minimum Gasteiger partial charge on any atom is -0.389 e. The first-order chi connectivity index (χ1) is 7.84. The molecule has 2 nitrogen and oxygen atoms in total. The molecule has 16 heavy (non-hydrogen) atoms. The first-order valence-electron chi connectivity index (χ1n) is 5.56. The van der Waals surface area contributed by atoms with Crippen LogP contribution in [0.5, 0.6) is 0 Å². The first kappa shape index (κ1) is 9.55. The topological polar surface area (TPSA) is 33.1 Å². The van der Waals surface area contributed by atoms with Crippen LogP contribution in [-0.4, -0.2) is 16.2 Å². The van der Waals surface area contributed by atoms with Crippen LogP contribution in [0.1, 0.15) is 18.4 Å². The highest BCUT2D eigenvalue weighted by atomic mass is 16.3. The van der Waals surface area contributed by atoms with Crippen molar-refractivity contribution in [3.05, 3.63) is 48.3 Å². The van der Waals surface area contributed by atoms with Crippen molar-refractivity contribution < 1.29 is 5.11 Å². The number of allylic oxidation sites excluding steroid dienone is 1. The van der Waals surface area contributed by atoms with Crippen LogP contribution in [0.2, 0.25) is 0 Å². The second-order valence-electron chi connectivity index (χ2n) is 4.20. The molecule has 0 saturated carbocycles. The Kier molecular flexibility index (Phi) is 2.22. The van der Waals surface area contributed by atoms with Crippen LogP contribution < -0.4 is 0 Å². The molecule has 1 unspecified atom stereocenters. The molecule has 80 valence electrons. The summed E-state index contributed by atoms with van der Waals surface area (Å²) < 4.78 is 0. The van der Waals surface area contributed by atoms with E-state index in [9.17, 15) is 5.11 Å². The zero-order chi connectivity index (χ0) is 11.0. The van der Waals surface area contributed by atoms with Gasteiger partial charge < -0.3 is 5.11 Å². The number of aromatic nitrogens is 1. The molecule has 0 amide bonds. The number of hydrogen-bond acceptors (Lipinski definition) is 2. The van der Waals surface area contributed by atoms with Gasteiger partial charge in [0.2, 0.25) is 0 Å². The molecular weight excluding hydrogens is 198 g/mol. The third-order valence-electron chi connectivity index (χ3n) is 3.13. The average Bonchev–Trinajstić information content (AvgIpc) is 2.75. The van der Waals surface area contributed by atoms with Crippen molar-refractivity contribution in [1.29, 1.82) is 0 Å². The fourth-order valence-electron chi connectivity index (χ4n) is 2.33. The van der Waals surface area contributed by atoms with Crippen LogP contribution in [-0.2, 0) is 0 Å². The predicted octanol–water partition coefficient (Wildman–Crippen LogP) is 2.77. The molecule has 0 radical (unpaired) electrons. The smallest absolute Gasteiger partial charge is 0.0730 e. The lowest BCUT2D eigenvalue weighted by atomic mass is 9.99. The van der Waals surface area contributed by atoms with Gasteiger partial charge in [-0.3, -0.25) is 4.98 Å². The summed E-state index contributed by atoms with van der Waals surface area (Å²) in [6.07, 6.45) is 7.20. The Morgan fingerprint density at radius 3 is 3.00 bits per heavy atom. The summed E-state index contributed by atoms with van der Waals surface area (Å²) in [5.74, 6) is 0. The van der Waals surface area contributed by atoms with Gasteiger partial charge in [0.25, 0.3) is 0 Å². The molecule has 0 spiro atoms. The fraction of sp³-hybridized carbons (Fsp3) is 0.214. The van der Waals surface area contributed by atoms with Crippen molar-refractivity contribution in [2.45, 2.75) is 18.9 Å². The number of rotatable bonds is 1. The average molecular weight is 211 g/mol. The van der Waals surface area contributed by atoms with Gasteiger partial charge in [-0.05, 0) is 35.4 Å². The largest absolute Gasteiger partial charge is 0.389 e. The van der Waals surface area contributed by atoms with E-state index in [1.165, 1.54) is 16.5 Å². The molecule has 1 aromatic heterocycles. The number of benzene rings is 1. The summed E-state index contributed by atoms with van der Waals surface area (Å²) in [6.45, 7) is 0. The Hall–Kier alpha value is -1.67. The molecule has 1 N–H and O–H groups in total. The van der Waals surface area contributed by atoms with Gasteiger partial charge >= 0.3 is 0 Å². The fourth-order valence-corrected chi connectivity index (χ4v) is 2.33. The minimum atomic E-state index is -0.271. The quantitative estimate of drug-likeness (QED) is 0.786. The van der Waals surface area contributed by atoms with Gasteiger partial charge in [0, 0.05) is 17.8 Å². The molecule has 3 rings (SSSR count). The maximum Gasteiger partial charge on any atom is 0.0730 e. The van der Waals surface area contributed by atoms with E-state index in [-0.39, 0.29) is 6.10 Å². The van der Waals surface area contributed by atoms with Crippen LogP contribution in [0.3, 0.4) is 0 Å². The molecule has 1 aliphatic rings. The SMILES string of the molecule is OC1C=C(c2cccc3cnccc23)CC1. The van der Waals surface area contributed by atoms with Gasteiger partial charge in [-0.1, -0.05) is 24.3 Å². The number of aliphatic hydroxyl groups is 1. The Bertz CT molecular complexity index is 554. The summed E-state index contributed by atoms with van der Waals surface area (Å²) in [7, 11) is 0. The van der Waals surface area contributed by atoms with E-state index in [1.807, 2.05) is 30.6 Å². The Morgan fingerprint density at radius 1 is 1.25 bits per heavy atom. The summed E-state index contributed by atoms with van der Waals surface area (Å²) in [5.41, 5.74) is 2.49.